The average Bonchev–Trinajstić information content (AvgIpc) is 2.01. The first kappa shape index (κ1) is 10.2. The van der Waals surface area contributed by atoms with Gasteiger partial charge in [0.1, 0.15) is 0 Å². The van der Waals surface area contributed by atoms with E-state index in [1.165, 1.54) is 5.57 Å². The Bertz CT molecular complexity index is 164. The lowest BCUT2D eigenvalue weighted by atomic mass is 10.3. The quantitative estimate of drug-likeness (QED) is 0.432. The third kappa shape index (κ3) is 7.04. The molecule has 0 N–H and O–H groups in total. The van der Waals surface area contributed by atoms with Crippen LogP contribution in [0.3, 0.4) is 0 Å². The topological polar surface area (TPSA) is 12.4 Å². The molecular formula is C10H17N. The highest BCUT2D eigenvalue weighted by atomic mass is 14.7. The molecule has 11 heavy (non-hydrogen) atoms. The molecule has 1 heteroatoms. The van der Waals surface area contributed by atoms with Crippen LogP contribution in [0.2, 0.25) is 0 Å². The van der Waals surface area contributed by atoms with Crippen LogP contribution >= 0.6 is 0 Å². The molecule has 0 aliphatic heterocycles. The molecule has 0 fully saturated rings. The molecule has 0 aromatic heterocycles. The van der Waals surface area contributed by atoms with Crippen molar-refractivity contribution in [2.75, 3.05) is 6.54 Å². The lowest BCUT2D eigenvalue weighted by Crippen LogP contribution is -1.80. The lowest BCUT2D eigenvalue weighted by Gasteiger charge is -1.87. The molecule has 0 radical (unpaired) electrons. The SMILES string of the molecule is C\C=C/C=C(C)\C=N\CCC. The minimum atomic E-state index is 0.932. The highest BCUT2D eigenvalue weighted by Crippen LogP contribution is 1.89. The smallest absolute Gasteiger partial charge is 0.0386 e. The summed E-state index contributed by atoms with van der Waals surface area (Å²) in [4.78, 5) is 4.22. The molecule has 0 atom stereocenters. The molecular weight excluding hydrogens is 134 g/mol. The van der Waals surface area contributed by atoms with Gasteiger partial charge in [-0.1, -0.05) is 25.2 Å². The van der Waals surface area contributed by atoms with Crippen molar-refractivity contribution in [1.29, 1.82) is 0 Å². The number of nitrogens with zero attached hydrogens (tertiary/aromatic N) is 1. The maximum absolute atomic E-state index is 4.22. The first-order valence-corrected chi connectivity index (χ1v) is 4.10. The van der Waals surface area contributed by atoms with Crippen molar-refractivity contribution in [3.05, 3.63) is 23.8 Å². The van der Waals surface area contributed by atoms with E-state index in [0.717, 1.165) is 13.0 Å². The zero-order valence-electron chi connectivity index (χ0n) is 7.67. The van der Waals surface area contributed by atoms with Crippen molar-refractivity contribution in [1.82, 2.24) is 0 Å². The largest absolute Gasteiger partial charge is 0.293 e. The summed E-state index contributed by atoms with van der Waals surface area (Å²) in [6, 6.07) is 0. The molecule has 1 nitrogen and oxygen atoms in total. The van der Waals surface area contributed by atoms with E-state index < -0.39 is 0 Å². The molecule has 0 saturated heterocycles. The molecule has 0 aliphatic carbocycles. The third-order valence-corrected chi connectivity index (χ3v) is 1.20. The molecule has 62 valence electrons. The fourth-order valence-electron chi connectivity index (χ4n) is 0.629. The number of aliphatic imine (C=N–C) groups is 1. The van der Waals surface area contributed by atoms with Crippen molar-refractivity contribution in [2.24, 2.45) is 4.99 Å². The highest BCUT2D eigenvalue weighted by Gasteiger charge is 1.77. The van der Waals surface area contributed by atoms with E-state index in [1.54, 1.807) is 0 Å². The molecule has 0 amide bonds. The summed E-state index contributed by atoms with van der Waals surface area (Å²) < 4.78 is 0. The molecule has 0 aliphatic rings. The van der Waals surface area contributed by atoms with Crippen LogP contribution in [0.5, 0.6) is 0 Å². The number of allylic oxidation sites excluding steroid dienone is 4. The zero-order valence-corrected chi connectivity index (χ0v) is 7.67. The number of rotatable bonds is 4. The zero-order chi connectivity index (χ0) is 8.53. The van der Waals surface area contributed by atoms with Crippen molar-refractivity contribution >= 4 is 6.21 Å². The normalized spacial score (nSPS) is 13.5. The molecule has 0 rings (SSSR count). The predicted octanol–water partition coefficient (Wildman–Crippen LogP) is 2.99. The Morgan fingerprint density at radius 2 is 2.18 bits per heavy atom. The fourth-order valence-corrected chi connectivity index (χ4v) is 0.629. The summed E-state index contributed by atoms with van der Waals surface area (Å²) in [5.74, 6) is 0. The first-order chi connectivity index (χ1) is 5.31. The Morgan fingerprint density at radius 1 is 1.45 bits per heavy atom. The minimum absolute atomic E-state index is 0.932. The molecule has 0 heterocycles. The van der Waals surface area contributed by atoms with E-state index in [0.29, 0.717) is 0 Å². The van der Waals surface area contributed by atoms with Crippen LogP contribution in [0.15, 0.2) is 28.8 Å². The Kier molecular flexibility index (Phi) is 6.70. The second-order valence-electron chi connectivity index (χ2n) is 2.47. The number of hydrogen-bond acceptors (Lipinski definition) is 1. The van der Waals surface area contributed by atoms with Gasteiger partial charge in [-0.25, -0.2) is 0 Å². The summed E-state index contributed by atoms with van der Waals surface area (Å²) in [5, 5.41) is 0. The summed E-state index contributed by atoms with van der Waals surface area (Å²) in [5.41, 5.74) is 1.21. The van der Waals surface area contributed by atoms with E-state index in [-0.39, 0.29) is 0 Å². The second-order valence-corrected chi connectivity index (χ2v) is 2.47. The van der Waals surface area contributed by atoms with Crippen LogP contribution in [0.1, 0.15) is 27.2 Å². The van der Waals surface area contributed by atoms with E-state index >= 15 is 0 Å². The van der Waals surface area contributed by atoms with Gasteiger partial charge in [-0.2, -0.15) is 0 Å². The van der Waals surface area contributed by atoms with Gasteiger partial charge in [0.15, 0.2) is 0 Å². The predicted molar refractivity (Wildman–Crippen MR) is 52.2 cm³/mol. The maximum atomic E-state index is 4.22. The van der Waals surface area contributed by atoms with E-state index in [4.69, 9.17) is 0 Å². The van der Waals surface area contributed by atoms with Gasteiger partial charge in [0.05, 0.1) is 0 Å². The summed E-state index contributed by atoms with van der Waals surface area (Å²) in [6.07, 6.45) is 9.13. The van der Waals surface area contributed by atoms with Crippen LogP contribution in [0, 0.1) is 0 Å². The van der Waals surface area contributed by atoms with Crippen LogP contribution in [0.25, 0.3) is 0 Å². The van der Waals surface area contributed by atoms with Gasteiger partial charge < -0.3 is 0 Å². The van der Waals surface area contributed by atoms with Crippen molar-refractivity contribution in [2.45, 2.75) is 27.2 Å². The van der Waals surface area contributed by atoms with Gasteiger partial charge in [0.25, 0.3) is 0 Å². The number of hydrogen-bond donors (Lipinski definition) is 0. The molecule has 0 aromatic carbocycles. The summed E-state index contributed by atoms with van der Waals surface area (Å²) in [6.45, 7) is 7.12. The van der Waals surface area contributed by atoms with Crippen molar-refractivity contribution < 1.29 is 0 Å². The molecule has 0 unspecified atom stereocenters. The van der Waals surface area contributed by atoms with Crippen LogP contribution in [0.4, 0.5) is 0 Å². The highest BCUT2D eigenvalue weighted by molar-refractivity contribution is 5.78. The molecule has 0 saturated carbocycles. The van der Waals surface area contributed by atoms with Crippen molar-refractivity contribution in [3.63, 3.8) is 0 Å². The Labute approximate surface area is 69.5 Å². The fraction of sp³-hybridized carbons (Fsp3) is 0.500. The minimum Gasteiger partial charge on any atom is -0.293 e. The third-order valence-electron chi connectivity index (χ3n) is 1.20. The standard InChI is InChI=1S/C10H17N/c1-4-6-7-10(3)9-11-8-5-2/h4,6-7,9H,5,8H2,1-3H3/b6-4-,10-7-,11-9+. The average molecular weight is 151 g/mol. The Morgan fingerprint density at radius 3 is 2.73 bits per heavy atom. The Hall–Kier alpha value is -0.850. The lowest BCUT2D eigenvalue weighted by molar-refractivity contribution is 0.936. The summed E-state index contributed by atoms with van der Waals surface area (Å²) in [7, 11) is 0. The maximum Gasteiger partial charge on any atom is 0.0386 e. The monoisotopic (exact) mass is 151 g/mol. The van der Waals surface area contributed by atoms with Crippen LogP contribution in [-0.2, 0) is 0 Å². The molecule has 0 bridgehead atoms. The Balaban J connectivity index is 3.74. The van der Waals surface area contributed by atoms with E-state index in [1.807, 2.05) is 25.3 Å². The van der Waals surface area contributed by atoms with Crippen LogP contribution < -0.4 is 0 Å². The van der Waals surface area contributed by atoms with Gasteiger partial charge in [0.2, 0.25) is 0 Å². The summed E-state index contributed by atoms with van der Waals surface area (Å²) >= 11 is 0. The molecule has 0 aromatic rings. The van der Waals surface area contributed by atoms with Crippen molar-refractivity contribution in [3.8, 4) is 0 Å². The van der Waals surface area contributed by atoms with Crippen LogP contribution in [-0.4, -0.2) is 12.8 Å². The molecule has 0 spiro atoms. The van der Waals surface area contributed by atoms with Gasteiger partial charge in [-0.05, 0) is 25.8 Å². The van der Waals surface area contributed by atoms with Gasteiger partial charge in [-0.15, -0.1) is 0 Å². The van der Waals surface area contributed by atoms with E-state index in [9.17, 15) is 0 Å². The second kappa shape index (κ2) is 7.26. The van der Waals surface area contributed by atoms with Gasteiger partial charge in [-0.3, -0.25) is 4.99 Å². The van der Waals surface area contributed by atoms with Gasteiger partial charge >= 0.3 is 0 Å². The van der Waals surface area contributed by atoms with Gasteiger partial charge in [0, 0.05) is 12.8 Å². The van der Waals surface area contributed by atoms with E-state index in [2.05, 4.69) is 24.9 Å². The first-order valence-electron chi connectivity index (χ1n) is 4.10.